The van der Waals surface area contributed by atoms with Crippen molar-refractivity contribution >= 4 is 27.8 Å². The van der Waals surface area contributed by atoms with Gasteiger partial charge in [-0.3, -0.25) is 18.1 Å². The minimum absolute atomic E-state index is 0.0148. The maximum Gasteiger partial charge on any atom is 0.472 e. The van der Waals surface area contributed by atoms with Gasteiger partial charge in [0.2, 0.25) is 0 Å². The second-order valence-electron chi connectivity index (χ2n) is 32.9. The van der Waals surface area contributed by atoms with Crippen LogP contribution in [0.5, 0.6) is 0 Å². The van der Waals surface area contributed by atoms with Gasteiger partial charge in [0.15, 0.2) is 0 Å². The molecule has 0 spiro atoms. The molecule has 8 aliphatic rings. The first-order valence-corrected chi connectivity index (χ1v) is 41.7. The Morgan fingerprint density at radius 2 is 0.816 bits per heavy atom. The van der Waals surface area contributed by atoms with E-state index in [0.29, 0.717) is 63.6 Å². The van der Waals surface area contributed by atoms with Gasteiger partial charge in [-0.25, -0.2) is 18.7 Å². The Morgan fingerprint density at radius 3 is 1.18 bits per heavy atom. The smallest absolute Gasteiger partial charge is 0.446 e. The van der Waals surface area contributed by atoms with Gasteiger partial charge in [0, 0.05) is 31.8 Å². The van der Waals surface area contributed by atoms with E-state index >= 15 is 0 Å². The minimum atomic E-state index is -4.43. The third-order valence-corrected chi connectivity index (χ3v) is 27.6. The number of allylic oxidation sites excluding steroid dienone is 2. The molecule has 566 valence electrons. The molecule has 0 heterocycles. The van der Waals surface area contributed by atoms with Gasteiger partial charge in [-0.1, -0.05) is 138 Å². The molecule has 4 N–H and O–H groups in total. The van der Waals surface area contributed by atoms with Crippen molar-refractivity contribution in [3.05, 3.63) is 23.3 Å². The van der Waals surface area contributed by atoms with Crippen LogP contribution in [0.25, 0.3) is 0 Å². The highest BCUT2D eigenvalue weighted by Crippen LogP contribution is 2.69. The number of amides is 2. The molecule has 0 aliphatic heterocycles. The van der Waals surface area contributed by atoms with Crippen LogP contribution in [0.4, 0.5) is 9.59 Å². The minimum Gasteiger partial charge on any atom is -0.446 e. The normalized spacial score (nSPS) is 33.3. The second-order valence-corrected chi connectivity index (χ2v) is 35.9. The number of carbonyl (C=O) groups excluding carboxylic acids is 2. The zero-order chi connectivity index (χ0) is 70.6. The summed E-state index contributed by atoms with van der Waals surface area (Å²) in [5.74, 6) is 9.02. The molecule has 0 bridgehead atoms. The van der Waals surface area contributed by atoms with E-state index in [2.05, 4.69) is 92.0 Å². The van der Waals surface area contributed by atoms with Crippen LogP contribution < -0.4 is 10.6 Å². The summed E-state index contributed by atoms with van der Waals surface area (Å²) < 4.78 is 90.0. The number of fused-ring (bicyclic) bond motifs is 10. The molecule has 0 aromatic heterocycles. The van der Waals surface area contributed by atoms with Crippen LogP contribution in [0.15, 0.2) is 23.3 Å². The summed E-state index contributed by atoms with van der Waals surface area (Å²) >= 11 is 0. The Balaban J connectivity index is 0.550. The number of hydrogen-bond donors (Lipinski definition) is 4. The molecule has 8 aliphatic carbocycles. The molecule has 10 unspecified atom stereocenters. The molecular formula is C76H134N2O18P2. The van der Waals surface area contributed by atoms with Crippen LogP contribution in [-0.2, 0) is 65.1 Å². The van der Waals surface area contributed by atoms with E-state index < -0.39 is 33.7 Å². The van der Waals surface area contributed by atoms with E-state index in [1.165, 1.54) is 114 Å². The van der Waals surface area contributed by atoms with Crippen LogP contribution in [0, 0.1) is 98.6 Å². The number of phosphoric ester groups is 2. The summed E-state index contributed by atoms with van der Waals surface area (Å²) in [5, 5.41) is 5.70. The Morgan fingerprint density at radius 1 is 0.459 bits per heavy atom. The zero-order valence-electron chi connectivity index (χ0n) is 62.4. The van der Waals surface area contributed by atoms with Crippen molar-refractivity contribution in [3.8, 4) is 0 Å². The van der Waals surface area contributed by atoms with Crippen LogP contribution in [0.1, 0.15) is 217 Å². The summed E-state index contributed by atoms with van der Waals surface area (Å²) in [6.45, 7) is 29.1. The van der Waals surface area contributed by atoms with E-state index in [1.54, 1.807) is 6.92 Å². The third-order valence-electron chi connectivity index (χ3n) is 25.6. The van der Waals surface area contributed by atoms with Gasteiger partial charge in [0.1, 0.15) is 12.2 Å². The lowest BCUT2D eigenvalue weighted by atomic mass is 9.47. The number of carbonyl (C=O) groups is 2. The number of hydrogen-bond acceptors (Lipinski definition) is 16. The molecule has 0 aromatic rings. The fourth-order valence-corrected chi connectivity index (χ4v) is 22.1. The van der Waals surface area contributed by atoms with Crippen LogP contribution >= 0.6 is 15.6 Å². The van der Waals surface area contributed by atoms with Gasteiger partial charge in [-0.05, 0) is 183 Å². The van der Waals surface area contributed by atoms with Gasteiger partial charge in [0.05, 0.1) is 106 Å². The van der Waals surface area contributed by atoms with Crippen molar-refractivity contribution in [2.24, 2.45) is 98.6 Å². The van der Waals surface area contributed by atoms with Crippen molar-refractivity contribution in [3.63, 3.8) is 0 Å². The Bertz CT molecular complexity index is 2430. The standard InChI is InChI=1S/C76H134N2O18P2/c1-54(2)14-12-16-57(6)65-22-24-67-63-20-18-59-50-61(26-30-73(59,8)69(63)28-32-75(65,67)10)95-71(79)77-34-36-85-38-40-87-42-44-89-46-48-91-97(81,82)93-52-56(5)53-94-98(83,84)92-49-47-90-45-43-88-41-39-86-37-35-78-72(80)96-62-27-31-74(9)60(51-62)19-21-64-68-25-23-66(58(7)17-13-15-55(3)4)76(68,11)33-29-70(64)74/h18-19,54-58,61-70H,12-17,20-53H2,1-11H3,(H,77,79)(H,78,80)(H,81,82)(H,83,84)/t56?,57?,58?,61-,62-,63+,64+,65?,66?,67?,68?,69?,70?,73-,74-,75+,76+/m1/s1. The molecule has 20 nitrogen and oxygen atoms in total. The summed E-state index contributed by atoms with van der Waals surface area (Å²) in [6.07, 6.45) is 31.2. The highest BCUT2D eigenvalue weighted by Gasteiger charge is 2.61. The fourth-order valence-electron chi connectivity index (χ4n) is 20.4. The van der Waals surface area contributed by atoms with Crippen molar-refractivity contribution in [2.45, 2.75) is 230 Å². The average Bonchev–Trinajstić information content (AvgIpc) is 1.36. The van der Waals surface area contributed by atoms with E-state index in [4.69, 9.17) is 56.0 Å². The Labute approximate surface area is 590 Å². The quantitative estimate of drug-likeness (QED) is 0.0252. The van der Waals surface area contributed by atoms with Crippen molar-refractivity contribution < 1.29 is 84.5 Å². The molecule has 6 saturated carbocycles. The van der Waals surface area contributed by atoms with Gasteiger partial charge < -0.3 is 58.3 Å². The Hall–Kier alpha value is -2.00. The summed E-state index contributed by atoms with van der Waals surface area (Å²) in [6, 6.07) is 0. The van der Waals surface area contributed by atoms with Gasteiger partial charge in [-0.15, -0.1) is 0 Å². The lowest BCUT2D eigenvalue weighted by molar-refractivity contribution is -0.0581. The molecule has 0 saturated heterocycles. The SMILES string of the molecule is CC(C)CCCC(C)C1CCC2[C@@H]3CC=C4C[C@H](OC(=O)NCCOCCOCCOCCOP(=O)(O)OCC(C)COP(=O)(O)OCCOCCOCCOCCNC(=O)O[C@@H]5CC[C@]6(C)C(=CC[C@H]7C8CCC(C(C)CCCC(C)C)[C@]8(C)CCC76)C5)CC[C@@]4(C)C3CC[C@@]12C. The molecule has 18 atom stereocenters. The molecule has 0 aromatic carbocycles. The largest absolute Gasteiger partial charge is 0.472 e. The van der Waals surface area contributed by atoms with Gasteiger partial charge in [-0.2, -0.15) is 0 Å². The molecule has 22 heteroatoms. The maximum absolute atomic E-state index is 12.8. The Kier molecular flexibility index (Phi) is 32.4. The lowest BCUT2D eigenvalue weighted by Gasteiger charge is -2.58. The van der Waals surface area contributed by atoms with Crippen molar-refractivity contribution in [1.29, 1.82) is 0 Å². The topological polar surface area (TPSA) is 244 Å². The zero-order valence-corrected chi connectivity index (χ0v) is 64.2. The molecule has 8 rings (SSSR count). The van der Waals surface area contributed by atoms with E-state index in [0.717, 1.165) is 110 Å². The third kappa shape index (κ3) is 23.0. The molecule has 0 radical (unpaired) electrons. The highest BCUT2D eigenvalue weighted by molar-refractivity contribution is 7.47. The number of ether oxygens (including phenoxy) is 8. The summed E-state index contributed by atoms with van der Waals surface area (Å²) in [5.41, 5.74) is 4.38. The number of alkyl carbamates (subject to hydrolysis) is 2. The molecule has 98 heavy (non-hydrogen) atoms. The second kappa shape index (κ2) is 38.8. The fraction of sp³-hybridized carbons (Fsp3) is 0.921. The number of nitrogens with one attached hydrogen (secondary N) is 2. The first-order valence-electron chi connectivity index (χ1n) is 38.7. The number of rotatable bonds is 44. The van der Waals surface area contributed by atoms with Crippen molar-refractivity contribution in [1.82, 2.24) is 10.6 Å². The summed E-state index contributed by atoms with van der Waals surface area (Å²) in [7, 11) is -8.87. The lowest BCUT2D eigenvalue weighted by Crippen LogP contribution is -2.51. The molecule has 6 fully saturated rings. The first-order chi connectivity index (χ1) is 46.8. The summed E-state index contributed by atoms with van der Waals surface area (Å²) in [4.78, 5) is 45.8. The van der Waals surface area contributed by atoms with Crippen LogP contribution in [0.2, 0.25) is 0 Å². The van der Waals surface area contributed by atoms with Gasteiger partial charge >= 0.3 is 27.8 Å². The van der Waals surface area contributed by atoms with E-state index in [9.17, 15) is 28.5 Å². The van der Waals surface area contributed by atoms with Crippen LogP contribution in [0.3, 0.4) is 0 Å². The predicted molar refractivity (Wildman–Crippen MR) is 380 cm³/mol. The van der Waals surface area contributed by atoms with E-state index in [-0.39, 0.29) is 89.1 Å². The average molecular weight is 1430 g/mol. The molecule has 2 amide bonds. The first kappa shape index (κ1) is 81.7. The van der Waals surface area contributed by atoms with Gasteiger partial charge in [0.25, 0.3) is 0 Å². The maximum atomic E-state index is 12.8. The van der Waals surface area contributed by atoms with Crippen molar-refractivity contribution in [2.75, 3.05) is 119 Å². The molecular weight excluding hydrogens is 1290 g/mol. The highest BCUT2D eigenvalue weighted by atomic mass is 31.2. The van der Waals surface area contributed by atoms with E-state index in [1.807, 2.05) is 0 Å². The number of phosphoric acid groups is 2. The predicted octanol–water partition coefficient (Wildman–Crippen LogP) is 16.3. The monoisotopic (exact) mass is 1420 g/mol. The van der Waals surface area contributed by atoms with Crippen LogP contribution in [-0.4, -0.2) is 153 Å².